The van der Waals surface area contributed by atoms with Gasteiger partial charge < -0.3 is 15.3 Å². The van der Waals surface area contributed by atoms with Crippen LogP contribution < -0.4 is 0 Å². The van der Waals surface area contributed by atoms with Crippen molar-refractivity contribution in [2.24, 2.45) is 0 Å². The second-order valence-electron chi connectivity index (χ2n) is 3.35. The fourth-order valence-electron chi connectivity index (χ4n) is 0.958. The van der Waals surface area contributed by atoms with Gasteiger partial charge in [0.15, 0.2) is 0 Å². The molecule has 0 heterocycles. The van der Waals surface area contributed by atoms with E-state index in [9.17, 15) is 0 Å². The normalized spacial score (nSPS) is 11.2. The molecule has 1 rings (SSSR count). The van der Waals surface area contributed by atoms with E-state index in [0.717, 1.165) is 12.0 Å². The SMILES string of the molecule is C=CC(O)CC.OCCc1ccc(O)cc1. The lowest BCUT2D eigenvalue weighted by molar-refractivity contribution is 0.219. The minimum absolute atomic E-state index is 0.158. The number of hydrogen-bond acceptors (Lipinski definition) is 3. The Bertz CT molecular complexity index is 280. The summed E-state index contributed by atoms with van der Waals surface area (Å²) >= 11 is 0. The predicted molar refractivity (Wildman–Crippen MR) is 65.4 cm³/mol. The predicted octanol–water partition coefficient (Wildman–Crippen LogP) is 1.87. The zero-order chi connectivity index (χ0) is 12.4. The molecular formula is C13H20O3. The van der Waals surface area contributed by atoms with E-state index in [-0.39, 0.29) is 18.5 Å². The van der Waals surface area contributed by atoms with Crippen molar-refractivity contribution < 1.29 is 15.3 Å². The van der Waals surface area contributed by atoms with E-state index in [1.807, 2.05) is 6.92 Å². The van der Waals surface area contributed by atoms with Gasteiger partial charge in [0.2, 0.25) is 0 Å². The Morgan fingerprint density at radius 2 is 1.88 bits per heavy atom. The Balaban J connectivity index is 0.000000325. The van der Waals surface area contributed by atoms with Gasteiger partial charge >= 0.3 is 0 Å². The second kappa shape index (κ2) is 8.95. The van der Waals surface area contributed by atoms with Gasteiger partial charge in [-0.3, -0.25) is 0 Å². The van der Waals surface area contributed by atoms with Crippen LogP contribution in [0.1, 0.15) is 18.9 Å². The van der Waals surface area contributed by atoms with E-state index in [2.05, 4.69) is 6.58 Å². The fraction of sp³-hybridized carbons (Fsp3) is 0.385. The summed E-state index contributed by atoms with van der Waals surface area (Å²) in [6, 6.07) is 6.83. The number of aliphatic hydroxyl groups excluding tert-OH is 2. The summed E-state index contributed by atoms with van der Waals surface area (Å²) in [5.74, 6) is 0.265. The Morgan fingerprint density at radius 3 is 2.19 bits per heavy atom. The Labute approximate surface area is 96.7 Å². The molecule has 0 aliphatic rings. The van der Waals surface area contributed by atoms with Crippen molar-refractivity contribution in [1.82, 2.24) is 0 Å². The second-order valence-corrected chi connectivity index (χ2v) is 3.35. The highest BCUT2D eigenvalue weighted by Gasteiger charge is 1.90. The molecule has 3 nitrogen and oxygen atoms in total. The van der Waals surface area contributed by atoms with Gasteiger partial charge in [0.05, 0.1) is 6.10 Å². The van der Waals surface area contributed by atoms with Crippen LogP contribution in [0.3, 0.4) is 0 Å². The van der Waals surface area contributed by atoms with Crippen molar-refractivity contribution in [3.63, 3.8) is 0 Å². The Morgan fingerprint density at radius 1 is 1.31 bits per heavy atom. The number of rotatable bonds is 4. The maximum absolute atomic E-state index is 8.86. The van der Waals surface area contributed by atoms with Crippen molar-refractivity contribution in [3.05, 3.63) is 42.5 Å². The first-order chi connectivity index (χ1) is 7.63. The van der Waals surface area contributed by atoms with Gasteiger partial charge in [-0.05, 0) is 30.5 Å². The highest BCUT2D eigenvalue weighted by Crippen LogP contribution is 2.09. The van der Waals surface area contributed by atoms with E-state index in [4.69, 9.17) is 15.3 Å². The standard InChI is InChI=1S/C8H10O2.C5H10O/c9-6-5-7-1-3-8(10)4-2-7;1-3-5(6)4-2/h1-4,9-10H,5-6H2;3,5-6H,1,4H2,2H3. The molecule has 1 atom stereocenters. The maximum Gasteiger partial charge on any atom is 0.115 e. The van der Waals surface area contributed by atoms with E-state index in [1.54, 1.807) is 24.3 Å². The third-order valence-corrected chi connectivity index (χ3v) is 2.03. The monoisotopic (exact) mass is 224 g/mol. The Kier molecular flexibility index (Phi) is 8.21. The first-order valence-corrected chi connectivity index (χ1v) is 5.33. The summed E-state index contributed by atoms with van der Waals surface area (Å²) in [6.45, 7) is 5.45. The molecule has 0 amide bonds. The molecule has 0 aliphatic heterocycles. The molecule has 1 aromatic rings. The van der Waals surface area contributed by atoms with Gasteiger partial charge in [-0.25, -0.2) is 0 Å². The summed E-state index contributed by atoms with van der Waals surface area (Å²) in [7, 11) is 0. The third kappa shape index (κ3) is 7.04. The molecule has 1 aromatic carbocycles. The van der Waals surface area contributed by atoms with Crippen LogP contribution in [0.25, 0.3) is 0 Å². The molecule has 90 valence electrons. The average Bonchev–Trinajstić information content (AvgIpc) is 2.32. The van der Waals surface area contributed by atoms with Crippen molar-refractivity contribution in [1.29, 1.82) is 0 Å². The van der Waals surface area contributed by atoms with Gasteiger partial charge in [-0.2, -0.15) is 0 Å². The van der Waals surface area contributed by atoms with Crippen molar-refractivity contribution >= 4 is 0 Å². The zero-order valence-corrected chi connectivity index (χ0v) is 9.63. The summed E-state index contributed by atoms with van der Waals surface area (Å²) < 4.78 is 0. The van der Waals surface area contributed by atoms with Gasteiger partial charge in [-0.1, -0.05) is 25.1 Å². The number of aliphatic hydroxyl groups is 2. The van der Waals surface area contributed by atoms with Gasteiger partial charge in [-0.15, -0.1) is 6.58 Å². The van der Waals surface area contributed by atoms with Crippen molar-refractivity contribution in [2.45, 2.75) is 25.9 Å². The first-order valence-electron chi connectivity index (χ1n) is 5.33. The van der Waals surface area contributed by atoms with Crippen LogP contribution in [-0.4, -0.2) is 28.0 Å². The lowest BCUT2D eigenvalue weighted by Gasteiger charge is -1.96. The molecule has 0 bridgehead atoms. The molecule has 0 spiro atoms. The van der Waals surface area contributed by atoms with Crippen LogP contribution in [0.5, 0.6) is 5.75 Å². The molecule has 16 heavy (non-hydrogen) atoms. The van der Waals surface area contributed by atoms with Crippen LogP contribution in [0.15, 0.2) is 36.9 Å². The fourth-order valence-corrected chi connectivity index (χ4v) is 0.958. The number of hydrogen-bond donors (Lipinski definition) is 3. The van der Waals surface area contributed by atoms with E-state index in [0.29, 0.717) is 6.42 Å². The van der Waals surface area contributed by atoms with Gasteiger partial charge in [0.1, 0.15) is 5.75 Å². The maximum atomic E-state index is 8.86. The van der Waals surface area contributed by atoms with Crippen molar-refractivity contribution in [3.8, 4) is 5.75 Å². The quantitative estimate of drug-likeness (QED) is 0.684. The minimum Gasteiger partial charge on any atom is -0.508 e. The molecule has 0 saturated heterocycles. The van der Waals surface area contributed by atoms with E-state index >= 15 is 0 Å². The third-order valence-electron chi connectivity index (χ3n) is 2.03. The van der Waals surface area contributed by atoms with Gasteiger partial charge in [0, 0.05) is 6.61 Å². The highest BCUT2D eigenvalue weighted by atomic mass is 16.3. The van der Waals surface area contributed by atoms with Crippen LogP contribution in [0.4, 0.5) is 0 Å². The molecule has 0 fully saturated rings. The lowest BCUT2D eigenvalue weighted by Crippen LogP contribution is -1.95. The minimum atomic E-state index is -0.301. The van der Waals surface area contributed by atoms with Crippen LogP contribution in [0.2, 0.25) is 0 Å². The van der Waals surface area contributed by atoms with E-state index in [1.165, 1.54) is 6.08 Å². The Hall–Kier alpha value is -1.32. The van der Waals surface area contributed by atoms with Crippen molar-refractivity contribution in [2.75, 3.05) is 6.61 Å². The first kappa shape index (κ1) is 14.7. The topological polar surface area (TPSA) is 60.7 Å². The molecule has 3 heteroatoms. The van der Waals surface area contributed by atoms with Crippen LogP contribution in [0, 0.1) is 0 Å². The summed E-state index contributed by atoms with van der Waals surface area (Å²) in [5, 5.41) is 25.9. The summed E-state index contributed by atoms with van der Waals surface area (Å²) in [5.41, 5.74) is 1.04. The number of benzene rings is 1. The molecule has 3 N–H and O–H groups in total. The molecule has 0 aromatic heterocycles. The number of phenols is 1. The van der Waals surface area contributed by atoms with Gasteiger partial charge in [0.25, 0.3) is 0 Å². The average molecular weight is 224 g/mol. The van der Waals surface area contributed by atoms with Crippen LogP contribution >= 0.6 is 0 Å². The molecule has 1 unspecified atom stereocenters. The largest absolute Gasteiger partial charge is 0.508 e. The highest BCUT2D eigenvalue weighted by molar-refractivity contribution is 5.25. The molecule has 0 aliphatic carbocycles. The number of aromatic hydroxyl groups is 1. The summed E-state index contributed by atoms with van der Waals surface area (Å²) in [4.78, 5) is 0. The summed E-state index contributed by atoms with van der Waals surface area (Å²) in [6.07, 6.45) is 2.65. The molecule has 0 radical (unpaired) electrons. The number of phenolic OH excluding ortho intramolecular Hbond substituents is 1. The van der Waals surface area contributed by atoms with Crippen LogP contribution in [-0.2, 0) is 6.42 Å². The molecular weight excluding hydrogens is 204 g/mol. The smallest absolute Gasteiger partial charge is 0.115 e. The van der Waals surface area contributed by atoms with E-state index < -0.39 is 0 Å². The zero-order valence-electron chi connectivity index (χ0n) is 9.63. The molecule has 0 saturated carbocycles. The lowest BCUT2D eigenvalue weighted by atomic mass is 10.2.